The zero-order chi connectivity index (χ0) is 12.3. The number of hydrogen-bond donors (Lipinski definition) is 1. The first-order chi connectivity index (χ1) is 8.17. The smallest absolute Gasteiger partial charge is 0.241 e. The molecule has 2 aromatic heterocycles. The number of alkyl halides is 1. The summed E-state index contributed by atoms with van der Waals surface area (Å²) in [6.45, 7) is 0. The molecule has 1 amide bonds. The number of carbonyl (C=O) groups is 1. The molecule has 2 aromatic rings. The Morgan fingerprint density at radius 1 is 1.47 bits per heavy atom. The van der Waals surface area contributed by atoms with Gasteiger partial charge in [0.05, 0.1) is 10.4 Å². The van der Waals surface area contributed by atoms with Crippen molar-refractivity contribution < 1.29 is 4.79 Å². The molecular weight excluding hydrogens is 323 g/mol. The van der Waals surface area contributed by atoms with E-state index >= 15 is 0 Å². The van der Waals surface area contributed by atoms with E-state index in [4.69, 9.17) is 23.2 Å². The van der Waals surface area contributed by atoms with Crippen molar-refractivity contribution in [3.63, 3.8) is 0 Å². The highest BCUT2D eigenvalue weighted by Gasteiger charge is 2.10. The average Bonchev–Trinajstić information content (AvgIpc) is 2.89. The summed E-state index contributed by atoms with van der Waals surface area (Å²) in [6.07, 6.45) is 1.66. The third kappa shape index (κ3) is 3.78. The minimum absolute atomic E-state index is 0.105. The summed E-state index contributed by atoms with van der Waals surface area (Å²) in [5, 5.41) is 10.7. The summed E-state index contributed by atoms with van der Waals surface area (Å²) in [5.74, 6) is -0.410. The monoisotopic (exact) mass is 326 g/mol. The molecule has 17 heavy (non-hydrogen) atoms. The molecule has 90 valence electrons. The van der Waals surface area contributed by atoms with E-state index in [0.29, 0.717) is 13.9 Å². The summed E-state index contributed by atoms with van der Waals surface area (Å²) < 4.78 is 2.10. The van der Waals surface area contributed by atoms with Crippen molar-refractivity contribution in [1.82, 2.24) is 15.2 Å². The van der Waals surface area contributed by atoms with Gasteiger partial charge in [-0.15, -0.1) is 21.8 Å². The summed E-state index contributed by atoms with van der Waals surface area (Å²) in [6, 6.07) is 0. The van der Waals surface area contributed by atoms with Crippen molar-refractivity contribution in [2.75, 3.05) is 11.2 Å². The van der Waals surface area contributed by atoms with Crippen LogP contribution in [0.3, 0.4) is 0 Å². The molecule has 0 atom stereocenters. The van der Waals surface area contributed by atoms with E-state index in [2.05, 4.69) is 20.5 Å². The van der Waals surface area contributed by atoms with Crippen molar-refractivity contribution in [2.45, 2.75) is 8.55 Å². The Morgan fingerprint density at radius 2 is 2.29 bits per heavy atom. The van der Waals surface area contributed by atoms with Gasteiger partial charge in [0.2, 0.25) is 11.0 Å². The number of carbonyl (C=O) groups excluding carboxylic acids is 1. The first-order valence-electron chi connectivity index (χ1n) is 4.16. The van der Waals surface area contributed by atoms with Gasteiger partial charge >= 0.3 is 0 Å². The largest absolute Gasteiger partial charge is 0.299 e. The molecule has 10 heteroatoms. The fourth-order valence-corrected chi connectivity index (χ4v) is 4.03. The number of rotatable bonds is 4. The van der Waals surface area contributed by atoms with Crippen LogP contribution in [-0.2, 0) is 4.79 Å². The van der Waals surface area contributed by atoms with E-state index in [9.17, 15) is 4.79 Å². The van der Waals surface area contributed by atoms with Crippen molar-refractivity contribution in [3.05, 3.63) is 10.7 Å². The van der Waals surface area contributed by atoms with Gasteiger partial charge in [0.1, 0.15) is 5.88 Å². The molecular formula is C7H4Cl2N4OS3. The third-order valence-electron chi connectivity index (χ3n) is 1.42. The quantitative estimate of drug-likeness (QED) is 0.691. The minimum Gasteiger partial charge on any atom is -0.299 e. The lowest BCUT2D eigenvalue weighted by molar-refractivity contribution is -0.113. The Bertz CT molecular complexity index is 529. The zero-order valence-electron chi connectivity index (χ0n) is 8.02. The molecule has 0 unspecified atom stereocenters. The van der Waals surface area contributed by atoms with Gasteiger partial charge in [-0.25, -0.2) is 4.98 Å². The molecule has 0 fully saturated rings. The first kappa shape index (κ1) is 13.0. The first-order valence-corrected chi connectivity index (χ1v) is 7.52. The van der Waals surface area contributed by atoms with E-state index < -0.39 is 0 Å². The van der Waals surface area contributed by atoms with E-state index in [1.165, 1.54) is 34.4 Å². The van der Waals surface area contributed by atoms with E-state index in [-0.39, 0.29) is 11.8 Å². The molecule has 2 rings (SSSR count). The van der Waals surface area contributed by atoms with Gasteiger partial charge in [0, 0.05) is 0 Å². The van der Waals surface area contributed by atoms with Crippen molar-refractivity contribution >= 4 is 68.7 Å². The lowest BCUT2D eigenvalue weighted by Crippen LogP contribution is -2.12. The zero-order valence-corrected chi connectivity index (χ0v) is 12.0. The molecule has 0 saturated heterocycles. The van der Waals surface area contributed by atoms with E-state index in [1.54, 1.807) is 6.20 Å². The van der Waals surface area contributed by atoms with Gasteiger partial charge < -0.3 is 0 Å². The molecule has 0 saturated carbocycles. The lowest BCUT2D eigenvalue weighted by atomic mass is 10.7. The Hall–Kier alpha value is -0.410. The molecule has 0 radical (unpaired) electrons. The minimum atomic E-state index is -0.305. The number of amides is 1. The van der Waals surface area contributed by atoms with Gasteiger partial charge in [-0.05, 0) is 11.8 Å². The van der Waals surface area contributed by atoms with Gasteiger partial charge in [-0.2, -0.15) is 0 Å². The number of hydrogen-bond acceptors (Lipinski definition) is 7. The van der Waals surface area contributed by atoms with E-state index in [0.717, 1.165) is 4.21 Å². The summed E-state index contributed by atoms with van der Waals surface area (Å²) in [5.41, 5.74) is 0. The second-order valence-corrected chi connectivity index (χ2v) is 6.99. The maximum absolute atomic E-state index is 11.0. The van der Waals surface area contributed by atoms with E-state index in [1.807, 2.05) is 0 Å². The van der Waals surface area contributed by atoms with Gasteiger partial charge in [-0.1, -0.05) is 34.3 Å². The predicted molar refractivity (Wildman–Crippen MR) is 70.5 cm³/mol. The third-order valence-corrected chi connectivity index (χ3v) is 4.77. The lowest BCUT2D eigenvalue weighted by Gasteiger charge is -1.93. The van der Waals surface area contributed by atoms with Crippen LogP contribution in [-0.4, -0.2) is 27.0 Å². The van der Waals surface area contributed by atoms with Crippen LogP contribution in [0.4, 0.5) is 5.13 Å². The summed E-state index contributed by atoms with van der Waals surface area (Å²) >= 11 is 15.1. The maximum Gasteiger partial charge on any atom is 0.241 e. The number of aromatic nitrogens is 3. The standard InChI is InChI=1S/C7H4Cl2N4OS3/c8-1-3(14)11-6-12-13-7(17-6)16-4-2-10-5(9)15-4/h2H,1H2,(H,11,12,14). The van der Waals surface area contributed by atoms with Gasteiger partial charge in [0.15, 0.2) is 8.81 Å². The van der Waals surface area contributed by atoms with Gasteiger partial charge in [0.25, 0.3) is 0 Å². The van der Waals surface area contributed by atoms with Crippen LogP contribution in [0.2, 0.25) is 4.47 Å². The number of halogens is 2. The predicted octanol–water partition coefficient (Wildman–Crippen LogP) is 2.98. The molecule has 2 heterocycles. The SMILES string of the molecule is O=C(CCl)Nc1nnc(Sc2cnc(Cl)s2)s1. The molecule has 0 spiro atoms. The van der Waals surface area contributed by atoms with Crippen molar-refractivity contribution in [1.29, 1.82) is 0 Å². The number of nitrogens with zero attached hydrogens (tertiary/aromatic N) is 3. The van der Waals surface area contributed by atoms with Crippen molar-refractivity contribution in [2.24, 2.45) is 0 Å². The fraction of sp³-hybridized carbons (Fsp3) is 0.143. The highest BCUT2D eigenvalue weighted by Crippen LogP contribution is 2.36. The summed E-state index contributed by atoms with van der Waals surface area (Å²) in [4.78, 5) is 14.9. The van der Waals surface area contributed by atoms with Crippen LogP contribution >= 0.6 is 57.6 Å². The second kappa shape index (κ2) is 5.96. The Balaban J connectivity index is 2.01. The van der Waals surface area contributed by atoms with Crippen LogP contribution < -0.4 is 5.32 Å². The van der Waals surface area contributed by atoms with Crippen molar-refractivity contribution in [3.8, 4) is 0 Å². The topological polar surface area (TPSA) is 67.8 Å². The summed E-state index contributed by atoms with van der Waals surface area (Å²) in [7, 11) is 0. The van der Waals surface area contributed by atoms with Crippen LogP contribution in [0.15, 0.2) is 14.7 Å². The van der Waals surface area contributed by atoms with Crippen LogP contribution in [0.1, 0.15) is 0 Å². The number of nitrogens with one attached hydrogen (secondary N) is 1. The van der Waals surface area contributed by atoms with Gasteiger partial charge in [-0.3, -0.25) is 10.1 Å². The molecule has 0 aliphatic rings. The highest BCUT2D eigenvalue weighted by atomic mass is 35.5. The van der Waals surface area contributed by atoms with Crippen LogP contribution in [0.5, 0.6) is 0 Å². The second-order valence-electron chi connectivity index (χ2n) is 2.59. The normalized spacial score (nSPS) is 10.5. The molecule has 1 N–H and O–H groups in total. The molecule has 0 bridgehead atoms. The molecule has 5 nitrogen and oxygen atoms in total. The number of thiazole rings is 1. The molecule has 0 aliphatic carbocycles. The number of anilines is 1. The fourth-order valence-electron chi connectivity index (χ4n) is 0.827. The Labute approximate surface area is 119 Å². The Kier molecular flexibility index (Phi) is 4.57. The maximum atomic E-state index is 11.0. The Morgan fingerprint density at radius 3 is 2.94 bits per heavy atom. The molecule has 0 aliphatic heterocycles. The highest BCUT2D eigenvalue weighted by molar-refractivity contribution is 8.02. The van der Waals surface area contributed by atoms with Crippen LogP contribution in [0, 0.1) is 0 Å². The van der Waals surface area contributed by atoms with Crippen LogP contribution in [0.25, 0.3) is 0 Å². The molecule has 0 aromatic carbocycles. The average molecular weight is 327 g/mol.